The lowest BCUT2D eigenvalue weighted by Crippen LogP contribution is -2.41. The largest absolute Gasteiger partial charge is 0.465 e. The SMILES string of the molecule is CN=C(NCCc1ccc(C(=O)OC)cc1)NCC1CCCO1. The number of aliphatic imine (C=N–C) groups is 1. The predicted molar refractivity (Wildman–Crippen MR) is 89.8 cm³/mol. The van der Waals surface area contributed by atoms with Crippen molar-refractivity contribution in [2.75, 3.05) is 33.9 Å². The summed E-state index contributed by atoms with van der Waals surface area (Å²) in [5.74, 6) is 0.472. The number of guanidine groups is 1. The number of benzene rings is 1. The van der Waals surface area contributed by atoms with E-state index >= 15 is 0 Å². The standard InChI is InChI=1S/C17H25N3O3/c1-18-17(20-12-15-4-3-11-23-15)19-10-9-13-5-7-14(8-6-13)16(21)22-2/h5-8,15H,3-4,9-12H2,1-2H3,(H2,18,19,20). The molecule has 126 valence electrons. The Morgan fingerprint density at radius 2 is 2.13 bits per heavy atom. The fraction of sp³-hybridized carbons (Fsp3) is 0.529. The Bertz CT molecular complexity index is 522. The summed E-state index contributed by atoms with van der Waals surface area (Å²) in [6.07, 6.45) is 3.39. The van der Waals surface area contributed by atoms with Crippen LogP contribution in [0.4, 0.5) is 0 Å². The maximum atomic E-state index is 11.4. The number of nitrogens with zero attached hydrogens (tertiary/aromatic N) is 1. The summed E-state index contributed by atoms with van der Waals surface area (Å²) in [6.45, 7) is 2.41. The van der Waals surface area contributed by atoms with Crippen LogP contribution in [-0.4, -0.2) is 51.9 Å². The van der Waals surface area contributed by atoms with E-state index in [-0.39, 0.29) is 5.97 Å². The van der Waals surface area contributed by atoms with Gasteiger partial charge in [0.1, 0.15) is 0 Å². The Kier molecular flexibility index (Phi) is 6.87. The van der Waals surface area contributed by atoms with E-state index < -0.39 is 0 Å². The number of carbonyl (C=O) groups excluding carboxylic acids is 1. The first-order valence-corrected chi connectivity index (χ1v) is 7.96. The molecule has 1 saturated heterocycles. The normalized spacial score (nSPS) is 17.8. The van der Waals surface area contributed by atoms with Crippen LogP contribution in [0.25, 0.3) is 0 Å². The van der Waals surface area contributed by atoms with Crippen LogP contribution in [0.1, 0.15) is 28.8 Å². The fourth-order valence-electron chi connectivity index (χ4n) is 2.49. The van der Waals surface area contributed by atoms with Crippen LogP contribution in [0.5, 0.6) is 0 Å². The van der Waals surface area contributed by atoms with Crippen molar-refractivity contribution in [1.29, 1.82) is 0 Å². The van der Waals surface area contributed by atoms with Gasteiger partial charge < -0.3 is 20.1 Å². The third kappa shape index (κ3) is 5.56. The number of rotatable bonds is 6. The Labute approximate surface area is 137 Å². The highest BCUT2D eigenvalue weighted by molar-refractivity contribution is 5.89. The van der Waals surface area contributed by atoms with E-state index in [2.05, 4.69) is 20.4 Å². The molecule has 1 unspecified atom stereocenters. The molecule has 0 spiro atoms. The molecule has 1 aliphatic heterocycles. The lowest BCUT2D eigenvalue weighted by atomic mass is 10.1. The number of methoxy groups -OCH3 is 1. The molecule has 0 bridgehead atoms. The van der Waals surface area contributed by atoms with Crippen LogP contribution >= 0.6 is 0 Å². The Morgan fingerprint density at radius 1 is 1.35 bits per heavy atom. The third-order valence-corrected chi connectivity index (χ3v) is 3.83. The van der Waals surface area contributed by atoms with Crippen LogP contribution in [-0.2, 0) is 15.9 Å². The lowest BCUT2D eigenvalue weighted by Gasteiger charge is -2.15. The van der Waals surface area contributed by atoms with Crippen molar-refractivity contribution in [2.24, 2.45) is 4.99 Å². The summed E-state index contributed by atoms with van der Waals surface area (Å²) in [5, 5.41) is 6.56. The number of esters is 1. The molecule has 0 radical (unpaired) electrons. The van der Waals surface area contributed by atoms with Crippen molar-refractivity contribution in [1.82, 2.24) is 10.6 Å². The summed E-state index contributed by atoms with van der Waals surface area (Å²) >= 11 is 0. The molecule has 6 heteroatoms. The summed E-state index contributed by atoms with van der Waals surface area (Å²) in [5.41, 5.74) is 1.72. The van der Waals surface area contributed by atoms with E-state index in [9.17, 15) is 4.79 Å². The number of hydrogen-bond acceptors (Lipinski definition) is 4. The van der Waals surface area contributed by atoms with Gasteiger partial charge in [0.15, 0.2) is 5.96 Å². The molecule has 23 heavy (non-hydrogen) atoms. The smallest absolute Gasteiger partial charge is 0.337 e. The van der Waals surface area contributed by atoms with Gasteiger partial charge in [-0.05, 0) is 37.0 Å². The monoisotopic (exact) mass is 319 g/mol. The molecule has 0 aliphatic carbocycles. The van der Waals surface area contributed by atoms with E-state index in [4.69, 9.17) is 4.74 Å². The first-order chi connectivity index (χ1) is 11.2. The summed E-state index contributed by atoms with van der Waals surface area (Å²) in [4.78, 5) is 15.6. The minimum Gasteiger partial charge on any atom is -0.465 e. The molecular formula is C17H25N3O3. The molecule has 1 heterocycles. The Balaban J connectivity index is 1.71. The van der Waals surface area contributed by atoms with Gasteiger partial charge in [-0.15, -0.1) is 0 Å². The van der Waals surface area contributed by atoms with Crippen LogP contribution in [0, 0.1) is 0 Å². The highest BCUT2D eigenvalue weighted by Gasteiger charge is 2.15. The molecule has 0 saturated carbocycles. The molecule has 2 N–H and O–H groups in total. The molecule has 1 atom stereocenters. The number of hydrogen-bond donors (Lipinski definition) is 2. The third-order valence-electron chi connectivity index (χ3n) is 3.83. The second-order valence-electron chi connectivity index (χ2n) is 5.45. The van der Waals surface area contributed by atoms with Crippen molar-refractivity contribution in [2.45, 2.75) is 25.4 Å². The Hall–Kier alpha value is -2.08. The lowest BCUT2D eigenvalue weighted by molar-refractivity contribution is 0.0600. The van der Waals surface area contributed by atoms with Crippen molar-refractivity contribution in [3.63, 3.8) is 0 Å². The minimum absolute atomic E-state index is 0.291. The Morgan fingerprint density at radius 3 is 2.74 bits per heavy atom. The molecule has 1 fully saturated rings. The minimum atomic E-state index is -0.312. The van der Waals surface area contributed by atoms with Gasteiger partial charge in [-0.1, -0.05) is 12.1 Å². The maximum Gasteiger partial charge on any atom is 0.337 e. The zero-order chi connectivity index (χ0) is 16.5. The first kappa shape index (κ1) is 17.3. The molecule has 0 amide bonds. The van der Waals surface area contributed by atoms with Gasteiger partial charge in [-0.25, -0.2) is 4.79 Å². The van der Waals surface area contributed by atoms with Crippen LogP contribution < -0.4 is 10.6 Å². The van der Waals surface area contributed by atoms with Crippen LogP contribution in [0.3, 0.4) is 0 Å². The van der Waals surface area contributed by atoms with Gasteiger partial charge in [0.2, 0.25) is 0 Å². The van der Waals surface area contributed by atoms with Crippen LogP contribution in [0.15, 0.2) is 29.3 Å². The average Bonchev–Trinajstić information content (AvgIpc) is 3.11. The van der Waals surface area contributed by atoms with Gasteiger partial charge in [-0.3, -0.25) is 4.99 Å². The zero-order valence-electron chi connectivity index (χ0n) is 13.8. The maximum absolute atomic E-state index is 11.4. The van der Waals surface area contributed by atoms with E-state index in [1.54, 1.807) is 19.2 Å². The number of nitrogens with one attached hydrogen (secondary N) is 2. The topological polar surface area (TPSA) is 72.0 Å². The van der Waals surface area contributed by atoms with E-state index in [0.29, 0.717) is 11.7 Å². The average molecular weight is 319 g/mol. The van der Waals surface area contributed by atoms with Gasteiger partial charge in [0, 0.05) is 26.7 Å². The zero-order valence-corrected chi connectivity index (χ0v) is 13.8. The van der Waals surface area contributed by atoms with Crippen molar-refractivity contribution < 1.29 is 14.3 Å². The molecule has 1 aromatic carbocycles. The van der Waals surface area contributed by atoms with Gasteiger partial charge >= 0.3 is 5.97 Å². The highest BCUT2D eigenvalue weighted by atomic mass is 16.5. The molecule has 1 aromatic rings. The molecule has 1 aliphatic rings. The quantitative estimate of drug-likeness (QED) is 0.471. The van der Waals surface area contributed by atoms with E-state index in [1.165, 1.54) is 7.11 Å². The molecule has 2 rings (SSSR count). The summed E-state index contributed by atoms with van der Waals surface area (Å²) in [6, 6.07) is 7.45. The predicted octanol–water partition coefficient (Wildman–Crippen LogP) is 1.36. The second kappa shape index (κ2) is 9.15. The van der Waals surface area contributed by atoms with E-state index in [1.807, 2.05) is 12.1 Å². The van der Waals surface area contributed by atoms with Gasteiger partial charge in [0.05, 0.1) is 18.8 Å². The molecule has 6 nitrogen and oxygen atoms in total. The number of ether oxygens (including phenoxy) is 2. The second-order valence-corrected chi connectivity index (χ2v) is 5.45. The summed E-state index contributed by atoms with van der Waals surface area (Å²) < 4.78 is 10.3. The first-order valence-electron chi connectivity index (χ1n) is 7.96. The van der Waals surface area contributed by atoms with E-state index in [0.717, 1.165) is 50.5 Å². The van der Waals surface area contributed by atoms with Crippen molar-refractivity contribution >= 4 is 11.9 Å². The highest BCUT2D eigenvalue weighted by Crippen LogP contribution is 2.10. The van der Waals surface area contributed by atoms with Crippen molar-refractivity contribution in [3.8, 4) is 0 Å². The van der Waals surface area contributed by atoms with Gasteiger partial charge in [-0.2, -0.15) is 0 Å². The van der Waals surface area contributed by atoms with Crippen molar-refractivity contribution in [3.05, 3.63) is 35.4 Å². The van der Waals surface area contributed by atoms with Crippen LogP contribution in [0.2, 0.25) is 0 Å². The molecule has 0 aromatic heterocycles. The number of carbonyl (C=O) groups is 1. The van der Waals surface area contributed by atoms with Gasteiger partial charge in [0.25, 0.3) is 0 Å². The summed E-state index contributed by atoms with van der Waals surface area (Å²) in [7, 11) is 3.14. The fourth-order valence-corrected chi connectivity index (χ4v) is 2.49. The molecular weight excluding hydrogens is 294 g/mol.